The lowest BCUT2D eigenvalue weighted by molar-refractivity contribution is 0.634. The van der Waals surface area contributed by atoms with Crippen LogP contribution in [0.25, 0.3) is 87.7 Å². The van der Waals surface area contributed by atoms with Crippen LogP contribution in [0.3, 0.4) is 0 Å². The fourth-order valence-electron chi connectivity index (χ4n) is 10.4. The molecule has 74 heavy (non-hydrogen) atoms. The predicted molar refractivity (Wildman–Crippen MR) is 295 cm³/mol. The van der Waals surface area contributed by atoms with Crippen molar-refractivity contribution in [1.29, 1.82) is 21.0 Å². The van der Waals surface area contributed by atoms with Crippen LogP contribution in [0, 0.1) is 45.3 Å². The summed E-state index contributed by atoms with van der Waals surface area (Å²) in [6.07, 6.45) is 0. The Balaban J connectivity index is 1.05. The molecule has 11 aromatic carbocycles. The number of nitriles is 4. The van der Waals surface area contributed by atoms with Crippen molar-refractivity contribution in [3.63, 3.8) is 0 Å². The highest BCUT2D eigenvalue weighted by Gasteiger charge is 2.28. The number of rotatable bonds is 8. The summed E-state index contributed by atoms with van der Waals surface area (Å²) in [5.74, 6) is 0. The average molecular weight is 945 g/mol. The van der Waals surface area contributed by atoms with Gasteiger partial charge < -0.3 is 18.6 Å². The van der Waals surface area contributed by atoms with Crippen LogP contribution in [0.4, 0.5) is 34.1 Å². The second-order valence-electron chi connectivity index (χ2n) is 18.2. The standard InChI is InChI=1S/C66H36N6O2/c67-37-41-11-21-51(22-12-41)71(52-23-13-42(38-68)14-24-52)55-29-19-47-33-57-59(35-49(47)31-55)73-65-63(57)61(45-7-3-1-4-8-45)62(46-9-5-2-6-10-46)64-58-34-48-20-30-56(32-50(48)36-60(58)74-66(64)65)72(53-25-15-43(39-69)16-26-53)54-27-17-44(40-70)18-28-54/h1-36H. The van der Waals surface area contributed by atoms with Crippen LogP contribution in [0.2, 0.25) is 0 Å². The molecule has 0 bridgehead atoms. The molecule has 13 rings (SSSR count). The van der Waals surface area contributed by atoms with Gasteiger partial charge in [-0.3, -0.25) is 0 Å². The van der Waals surface area contributed by atoms with Gasteiger partial charge in [-0.25, -0.2) is 0 Å². The molecule has 2 aromatic heterocycles. The molecule has 0 aliphatic rings. The van der Waals surface area contributed by atoms with Gasteiger partial charge in [-0.05, 0) is 178 Å². The summed E-state index contributed by atoms with van der Waals surface area (Å²) in [6, 6.07) is 81.3. The van der Waals surface area contributed by atoms with Crippen LogP contribution < -0.4 is 9.80 Å². The molecular formula is C66H36N6O2. The molecular weight excluding hydrogens is 909 g/mol. The summed E-state index contributed by atoms with van der Waals surface area (Å²) in [5, 5.41) is 46.2. The quantitative estimate of drug-likeness (QED) is 0.147. The largest absolute Gasteiger partial charge is 0.452 e. The van der Waals surface area contributed by atoms with E-state index in [1.165, 1.54) is 0 Å². The molecule has 0 radical (unpaired) electrons. The van der Waals surface area contributed by atoms with Crippen LogP contribution in [0.15, 0.2) is 227 Å². The Labute approximate surface area is 424 Å². The summed E-state index contributed by atoms with van der Waals surface area (Å²) in [6.45, 7) is 0. The van der Waals surface area contributed by atoms with Crippen LogP contribution in [0.5, 0.6) is 0 Å². The minimum absolute atomic E-state index is 0.564. The number of fused-ring (bicyclic) bond motifs is 9. The lowest BCUT2D eigenvalue weighted by Gasteiger charge is -2.26. The van der Waals surface area contributed by atoms with Gasteiger partial charge in [0.2, 0.25) is 0 Å². The zero-order valence-corrected chi connectivity index (χ0v) is 39.3. The number of furan rings is 2. The molecule has 8 nitrogen and oxygen atoms in total. The van der Waals surface area contributed by atoms with E-state index < -0.39 is 0 Å². The van der Waals surface area contributed by atoms with Gasteiger partial charge in [-0.15, -0.1) is 0 Å². The Hall–Kier alpha value is -10.9. The predicted octanol–water partition coefficient (Wildman–Crippen LogP) is 17.6. The molecule has 8 heteroatoms. The molecule has 0 N–H and O–H groups in total. The minimum atomic E-state index is 0.564. The highest BCUT2D eigenvalue weighted by Crippen LogP contribution is 2.52. The first-order valence-electron chi connectivity index (χ1n) is 23.9. The van der Waals surface area contributed by atoms with Crippen molar-refractivity contribution < 1.29 is 8.83 Å². The Morgan fingerprint density at radius 1 is 0.297 bits per heavy atom. The van der Waals surface area contributed by atoms with E-state index in [-0.39, 0.29) is 0 Å². The third-order valence-corrected chi connectivity index (χ3v) is 13.9. The summed E-state index contributed by atoms with van der Waals surface area (Å²) in [4.78, 5) is 4.24. The van der Waals surface area contributed by atoms with E-state index in [0.29, 0.717) is 44.6 Å². The number of nitrogens with zero attached hydrogens (tertiary/aromatic N) is 6. The van der Waals surface area contributed by atoms with Crippen molar-refractivity contribution >= 4 is 99.5 Å². The molecule has 0 aliphatic heterocycles. The van der Waals surface area contributed by atoms with E-state index in [9.17, 15) is 21.0 Å². The molecule has 342 valence electrons. The first-order valence-corrected chi connectivity index (χ1v) is 23.9. The molecule has 0 aliphatic carbocycles. The molecule has 13 aromatic rings. The van der Waals surface area contributed by atoms with Crippen LogP contribution in [0.1, 0.15) is 22.3 Å². The summed E-state index contributed by atoms with van der Waals surface area (Å²) < 4.78 is 14.3. The second kappa shape index (κ2) is 17.5. The average Bonchev–Trinajstić information content (AvgIpc) is 4.12. The lowest BCUT2D eigenvalue weighted by atomic mass is 9.87. The smallest absolute Gasteiger partial charge is 0.179 e. The monoisotopic (exact) mass is 944 g/mol. The van der Waals surface area contributed by atoms with Gasteiger partial charge >= 0.3 is 0 Å². The molecule has 0 saturated heterocycles. The fraction of sp³-hybridized carbons (Fsp3) is 0. The van der Waals surface area contributed by atoms with Crippen molar-refractivity contribution in [3.8, 4) is 46.5 Å². The molecule has 2 heterocycles. The fourth-order valence-corrected chi connectivity index (χ4v) is 10.4. The van der Waals surface area contributed by atoms with E-state index in [4.69, 9.17) is 8.83 Å². The number of benzene rings is 11. The van der Waals surface area contributed by atoms with Crippen molar-refractivity contribution in [2.75, 3.05) is 9.80 Å². The first-order chi connectivity index (χ1) is 36.5. The maximum atomic E-state index is 9.60. The van der Waals surface area contributed by atoms with E-state index >= 15 is 0 Å². The third-order valence-electron chi connectivity index (χ3n) is 13.9. The minimum Gasteiger partial charge on any atom is -0.452 e. The number of hydrogen-bond donors (Lipinski definition) is 0. The van der Waals surface area contributed by atoms with Crippen molar-refractivity contribution in [3.05, 3.63) is 241 Å². The van der Waals surface area contributed by atoms with Crippen LogP contribution in [-0.2, 0) is 0 Å². The Kier molecular flexibility index (Phi) is 10.2. The zero-order chi connectivity index (χ0) is 49.9. The maximum absolute atomic E-state index is 9.60. The molecule has 0 saturated carbocycles. The van der Waals surface area contributed by atoms with Gasteiger partial charge in [-0.1, -0.05) is 72.8 Å². The van der Waals surface area contributed by atoms with Gasteiger partial charge in [0.15, 0.2) is 11.2 Å². The summed E-state index contributed by atoms with van der Waals surface area (Å²) in [7, 11) is 0. The van der Waals surface area contributed by atoms with Crippen molar-refractivity contribution in [2.45, 2.75) is 0 Å². The first kappa shape index (κ1) is 43.1. The second-order valence-corrected chi connectivity index (χ2v) is 18.2. The SMILES string of the molecule is N#Cc1ccc(N(c2ccc(C#N)cc2)c2ccc3cc4c(cc3c2)oc2c3oc5cc6cc(N(c7ccc(C#N)cc7)c7ccc(C#N)cc7)ccc6cc5c3c(-c3ccccc3)c(-c3ccccc3)c42)cc1. The lowest BCUT2D eigenvalue weighted by Crippen LogP contribution is -2.09. The summed E-state index contributed by atoms with van der Waals surface area (Å²) >= 11 is 0. The maximum Gasteiger partial charge on any atom is 0.179 e. The van der Waals surface area contributed by atoms with Gasteiger partial charge in [-0.2, -0.15) is 21.0 Å². The number of anilines is 6. The van der Waals surface area contributed by atoms with Gasteiger partial charge in [0.1, 0.15) is 11.2 Å². The van der Waals surface area contributed by atoms with Gasteiger partial charge in [0.25, 0.3) is 0 Å². The normalized spacial score (nSPS) is 11.2. The topological polar surface area (TPSA) is 128 Å². The summed E-state index contributed by atoms with van der Waals surface area (Å²) in [5.41, 5.74) is 14.4. The van der Waals surface area contributed by atoms with E-state index in [2.05, 4.69) is 143 Å². The molecule has 0 fully saturated rings. The van der Waals surface area contributed by atoms with Crippen molar-refractivity contribution in [2.24, 2.45) is 0 Å². The van der Waals surface area contributed by atoms with E-state index in [1.807, 2.05) is 109 Å². The van der Waals surface area contributed by atoms with Gasteiger partial charge in [0.05, 0.1) is 46.5 Å². The Morgan fingerprint density at radius 3 is 0.919 bits per heavy atom. The molecule has 0 unspecified atom stereocenters. The van der Waals surface area contributed by atoms with Crippen LogP contribution in [-0.4, -0.2) is 0 Å². The molecule has 0 amide bonds. The van der Waals surface area contributed by atoms with E-state index in [0.717, 1.165) is 99.5 Å². The highest BCUT2D eigenvalue weighted by atomic mass is 16.4. The third kappa shape index (κ3) is 7.20. The Bertz CT molecular complexity index is 4140. The molecule has 0 atom stereocenters. The molecule has 0 spiro atoms. The van der Waals surface area contributed by atoms with Crippen LogP contribution >= 0.6 is 0 Å². The van der Waals surface area contributed by atoms with E-state index in [1.54, 1.807) is 0 Å². The van der Waals surface area contributed by atoms with Gasteiger partial charge in [0, 0.05) is 66.8 Å². The highest BCUT2D eigenvalue weighted by molar-refractivity contribution is 6.31. The number of hydrogen-bond acceptors (Lipinski definition) is 8. The van der Waals surface area contributed by atoms with Crippen molar-refractivity contribution in [1.82, 2.24) is 0 Å². The Morgan fingerprint density at radius 2 is 0.608 bits per heavy atom. The zero-order valence-electron chi connectivity index (χ0n) is 39.3.